The number of phenols is 1. The Morgan fingerprint density at radius 1 is 1.29 bits per heavy atom. The molecule has 0 amide bonds. The molecule has 17 heavy (non-hydrogen) atoms. The summed E-state index contributed by atoms with van der Waals surface area (Å²) in [5.41, 5.74) is 3.79. The summed E-state index contributed by atoms with van der Waals surface area (Å²) >= 11 is 0. The van der Waals surface area contributed by atoms with Gasteiger partial charge in [0, 0.05) is 5.56 Å². The first-order valence-corrected chi connectivity index (χ1v) is 4.27. The van der Waals surface area contributed by atoms with Crippen LogP contribution in [0.25, 0.3) is 0 Å². The van der Waals surface area contributed by atoms with Crippen molar-refractivity contribution in [2.75, 3.05) is 7.11 Å². The van der Waals surface area contributed by atoms with Crippen LogP contribution in [0.2, 0.25) is 0 Å². The molecule has 0 spiro atoms. The van der Waals surface area contributed by atoms with Crippen LogP contribution in [0.3, 0.4) is 0 Å². The molecule has 0 saturated carbocycles. The van der Waals surface area contributed by atoms with Crippen LogP contribution in [-0.4, -0.2) is 18.4 Å². The third-order valence-corrected chi connectivity index (χ3v) is 2.08. The van der Waals surface area contributed by atoms with Crippen molar-refractivity contribution in [2.24, 2.45) is 5.73 Å². The number of methoxy groups -OCH3 is 1. The Morgan fingerprint density at radius 2 is 1.82 bits per heavy atom. The first kappa shape index (κ1) is 13.5. The average molecular weight is 257 g/mol. The molecular formula is C9H8F5NO2. The van der Waals surface area contributed by atoms with E-state index in [1.165, 1.54) is 0 Å². The minimum absolute atomic E-state index is 0.506. The van der Waals surface area contributed by atoms with Crippen LogP contribution in [0.5, 0.6) is 11.5 Å². The summed E-state index contributed by atoms with van der Waals surface area (Å²) in [7, 11) is 0.942. The van der Waals surface area contributed by atoms with Gasteiger partial charge in [-0.15, -0.1) is 0 Å². The van der Waals surface area contributed by atoms with Gasteiger partial charge in [-0.2, -0.15) is 22.0 Å². The molecule has 1 rings (SSSR count). The largest absolute Gasteiger partial charge is 0.505 e. The number of alkyl halides is 3. The van der Waals surface area contributed by atoms with E-state index in [9.17, 15) is 22.0 Å². The second-order valence-electron chi connectivity index (χ2n) is 3.16. The van der Waals surface area contributed by atoms with Gasteiger partial charge in [0.25, 0.3) is 0 Å². The number of halogens is 5. The molecule has 3 N–H and O–H groups in total. The highest BCUT2D eigenvalue weighted by Gasteiger charge is 2.40. The molecule has 1 aromatic carbocycles. The van der Waals surface area contributed by atoms with Crippen LogP contribution in [0, 0.1) is 11.6 Å². The second-order valence-corrected chi connectivity index (χ2v) is 3.16. The number of hydrogen-bond acceptors (Lipinski definition) is 3. The molecule has 96 valence electrons. The van der Waals surface area contributed by atoms with E-state index < -0.39 is 40.9 Å². The Labute approximate surface area is 92.6 Å². The van der Waals surface area contributed by atoms with Crippen molar-refractivity contribution in [1.29, 1.82) is 0 Å². The summed E-state index contributed by atoms with van der Waals surface area (Å²) in [6.07, 6.45) is -4.90. The lowest BCUT2D eigenvalue weighted by Gasteiger charge is -2.18. The molecule has 1 aromatic rings. The molecule has 0 unspecified atom stereocenters. The van der Waals surface area contributed by atoms with Crippen molar-refractivity contribution in [2.45, 2.75) is 12.2 Å². The molecule has 0 aliphatic carbocycles. The zero-order valence-electron chi connectivity index (χ0n) is 8.48. The van der Waals surface area contributed by atoms with Gasteiger partial charge in [0.15, 0.2) is 11.5 Å². The highest BCUT2D eigenvalue weighted by atomic mass is 19.4. The number of benzene rings is 1. The monoisotopic (exact) mass is 257 g/mol. The lowest BCUT2D eigenvalue weighted by Crippen LogP contribution is -2.28. The normalized spacial score (nSPS) is 13.6. The lowest BCUT2D eigenvalue weighted by molar-refractivity contribution is -0.149. The maximum absolute atomic E-state index is 13.1. The van der Waals surface area contributed by atoms with Gasteiger partial charge in [-0.25, -0.2) is 0 Å². The van der Waals surface area contributed by atoms with E-state index in [2.05, 4.69) is 4.74 Å². The minimum Gasteiger partial charge on any atom is -0.505 e. The van der Waals surface area contributed by atoms with Gasteiger partial charge in [0.1, 0.15) is 6.04 Å². The topological polar surface area (TPSA) is 55.5 Å². The summed E-state index contributed by atoms with van der Waals surface area (Å²) in [6, 6.07) is -2.13. The summed E-state index contributed by atoms with van der Waals surface area (Å²) < 4.78 is 67.3. The molecule has 0 fully saturated rings. The summed E-state index contributed by atoms with van der Waals surface area (Å²) in [4.78, 5) is 0. The molecule has 0 saturated heterocycles. The van der Waals surface area contributed by atoms with Crippen molar-refractivity contribution >= 4 is 0 Å². The maximum Gasteiger partial charge on any atom is 0.407 e. The Bertz CT molecular complexity index is 432. The van der Waals surface area contributed by atoms with Crippen LogP contribution >= 0.6 is 0 Å². The molecule has 0 radical (unpaired) electrons. The summed E-state index contributed by atoms with van der Waals surface area (Å²) in [6.45, 7) is 0. The average Bonchev–Trinajstić information content (AvgIpc) is 2.24. The second kappa shape index (κ2) is 4.36. The SMILES string of the molecule is COc1cc([C@@H](N)C(F)(F)F)c(O)c(F)c1F. The van der Waals surface area contributed by atoms with Gasteiger partial charge in [-0.3, -0.25) is 0 Å². The van der Waals surface area contributed by atoms with E-state index in [4.69, 9.17) is 10.8 Å². The van der Waals surface area contributed by atoms with Crippen LogP contribution in [-0.2, 0) is 0 Å². The van der Waals surface area contributed by atoms with Crippen molar-refractivity contribution in [1.82, 2.24) is 0 Å². The molecule has 0 aromatic heterocycles. The van der Waals surface area contributed by atoms with Crippen molar-refractivity contribution in [3.05, 3.63) is 23.3 Å². The number of aromatic hydroxyl groups is 1. The van der Waals surface area contributed by atoms with Crippen LogP contribution < -0.4 is 10.5 Å². The fraction of sp³-hybridized carbons (Fsp3) is 0.333. The van der Waals surface area contributed by atoms with E-state index in [0.717, 1.165) is 7.11 Å². The lowest BCUT2D eigenvalue weighted by atomic mass is 10.0. The molecule has 1 atom stereocenters. The molecule has 0 aliphatic heterocycles. The van der Waals surface area contributed by atoms with E-state index in [1.54, 1.807) is 0 Å². The first-order chi connectivity index (χ1) is 7.70. The third-order valence-electron chi connectivity index (χ3n) is 2.08. The number of phenolic OH excluding ortho intramolecular Hbond substituents is 1. The Kier molecular flexibility index (Phi) is 3.46. The zero-order chi connectivity index (χ0) is 13.4. The highest BCUT2D eigenvalue weighted by molar-refractivity contribution is 5.44. The van der Waals surface area contributed by atoms with E-state index >= 15 is 0 Å². The Balaban J connectivity index is 3.40. The van der Waals surface area contributed by atoms with Gasteiger partial charge < -0.3 is 15.6 Å². The zero-order valence-corrected chi connectivity index (χ0v) is 8.48. The van der Waals surface area contributed by atoms with E-state index in [-0.39, 0.29) is 0 Å². The molecule has 8 heteroatoms. The van der Waals surface area contributed by atoms with Gasteiger partial charge in [0.2, 0.25) is 11.6 Å². The van der Waals surface area contributed by atoms with Gasteiger partial charge in [-0.1, -0.05) is 0 Å². The number of rotatable bonds is 2. The predicted octanol–water partition coefficient (Wildman–Crippen LogP) is 2.24. The fourth-order valence-electron chi connectivity index (χ4n) is 1.17. The summed E-state index contributed by atoms with van der Waals surface area (Å²) in [5.74, 6) is -5.66. The van der Waals surface area contributed by atoms with Crippen molar-refractivity contribution in [3.8, 4) is 11.5 Å². The fourth-order valence-corrected chi connectivity index (χ4v) is 1.17. The van der Waals surface area contributed by atoms with Gasteiger partial charge >= 0.3 is 6.18 Å². The molecule has 3 nitrogen and oxygen atoms in total. The minimum atomic E-state index is -4.90. The van der Waals surface area contributed by atoms with Gasteiger partial charge in [0.05, 0.1) is 7.11 Å². The van der Waals surface area contributed by atoms with Gasteiger partial charge in [-0.05, 0) is 6.07 Å². The van der Waals surface area contributed by atoms with Crippen molar-refractivity contribution in [3.63, 3.8) is 0 Å². The van der Waals surface area contributed by atoms with Crippen LogP contribution in [0.15, 0.2) is 6.07 Å². The smallest absolute Gasteiger partial charge is 0.407 e. The van der Waals surface area contributed by atoms with Crippen LogP contribution in [0.4, 0.5) is 22.0 Å². The van der Waals surface area contributed by atoms with E-state index in [0.29, 0.717) is 6.07 Å². The Hall–Kier alpha value is -1.57. The first-order valence-electron chi connectivity index (χ1n) is 4.27. The predicted molar refractivity (Wildman–Crippen MR) is 47.6 cm³/mol. The van der Waals surface area contributed by atoms with E-state index in [1.807, 2.05) is 0 Å². The molecule has 0 heterocycles. The summed E-state index contributed by atoms with van der Waals surface area (Å²) in [5, 5.41) is 9.08. The number of hydrogen-bond donors (Lipinski definition) is 2. The number of nitrogens with two attached hydrogens (primary N) is 1. The quantitative estimate of drug-likeness (QED) is 0.799. The third kappa shape index (κ3) is 2.41. The number of ether oxygens (including phenoxy) is 1. The Morgan fingerprint density at radius 3 is 2.24 bits per heavy atom. The maximum atomic E-state index is 13.1. The van der Waals surface area contributed by atoms with Crippen LogP contribution in [0.1, 0.15) is 11.6 Å². The van der Waals surface area contributed by atoms with Crippen molar-refractivity contribution < 1.29 is 31.8 Å². The highest BCUT2D eigenvalue weighted by Crippen LogP contribution is 2.39. The molecule has 0 bridgehead atoms. The molecular weight excluding hydrogens is 249 g/mol. The molecule has 0 aliphatic rings. The standard InChI is InChI=1S/C9H8F5NO2/c1-17-4-2-3(8(15)9(12,13)14)7(16)6(11)5(4)10/h2,8,16H,15H2,1H3/t8-/m1/s1.